The van der Waals surface area contributed by atoms with Crippen molar-refractivity contribution in [2.45, 2.75) is 20.4 Å². The fraction of sp³-hybridized carbons (Fsp3) is 0.333. The molecule has 1 N–H and O–H groups in total. The molecule has 0 atom stereocenters. The zero-order valence-corrected chi connectivity index (χ0v) is 13.2. The summed E-state index contributed by atoms with van der Waals surface area (Å²) in [5, 5.41) is 8.53. The standard InChI is InChI=1S/C15H18N4OS/c1-4-20-12-5-6-13-14(7-12)21-15(18-13)16-8-11-9-17-19(3)10(11)2/h5-7,9H,4,8H2,1-3H3,(H,16,18). The summed E-state index contributed by atoms with van der Waals surface area (Å²) < 4.78 is 8.53. The molecule has 0 bridgehead atoms. The van der Waals surface area contributed by atoms with Crippen LogP contribution in [-0.2, 0) is 13.6 Å². The summed E-state index contributed by atoms with van der Waals surface area (Å²) in [6, 6.07) is 5.99. The van der Waals surface area contributed by atoms with Crippen molar-refractivity contribution in [3.8, 4) is 5.75 Å². The first kappa shape index (κ1) is 13.9. The minimum absolute atomic E-state index is 0.676. The van der Waals surface area contributed by atoms with Gasteiger partial charge in [0.2, 0.25) is 0 Å². The molecule has 0 amide bonds. The van der Waals surface area contributed by atoms with Gasteiger partial charge in [-0.2, -0.15) is 5.10 Å². The highest BCUT2D eigenvalue weighted by molar-refractivity contribution is 7.22. The Balaban J connectivity index is 1.76. The average molecular weight is 302 g/mol. The molecule has 2 aromatic heterocycles. The number of hydrogen-bond acceptors (Lipinski definition) is 5. The molecule has 0 radical (unpaired) electrons. The fourth-order valence-electron chi connectivity index (χ4n) is 2.13. The summed E-state index contributed by atoms with van der Waals surface area (Å²) in [7, 11) is 1.95. The summed E-state index contributed by atoms with van der Waals surface area (Å²) in [5.41, 5.74) is 3.35. The first-order valence-electron chi connectivity index (χ1n) is 6.92. The summed E-state index contributed by atoms with van der Waals surface area (Å²) in [6.45, 7) is 5.46. The van der Waals surface area contributed by atoms with Gasteiger partial charge in [0.05, 0.1) is 23.0 Å². The van der Waals surface area contributed by atoms with Gasteiger partial charge < -0.3 is 10.1 Å². The van der Waals surface area contributed by atoms with Crippen LogP contribution >= 0.6 is 11.3 Å². The van der Waals surface area contributed by atoms with Crippen molar-refractivity contribution in [3.05, 3.63) is 35.7 Å². The van der Waals surface area contributed by atoms with Crippen LogP contribution in [0.1, 0.15) is 18.2 Å². The molecule has 0 saturated carbocycles. The lowest BCUT2D eigenvalue weighted by Gasteiger charge is -2.01. The zero-order valence-electron chi connectivity index (χ0n) is 12.4. The largest absolute Gasteiger partial charge is 0.494 e. The lowest BCUT2D eigenvalue weighted by atomic mass is 10.2. The Morgan fingerprint density at radius 1 is 1.38 bits per heavy atom. The van der Waals surface area contributed by atoms with Crippen LogP contribution in [0.5, 0.6) is 5.75 Å². The van der Waals surface area contributed by atoms with E-state index in [0.717, 1.165) is 27.6 Å². The molecule has 3 rings (SSSR count). The lowest BCUT2D eigenvalue weighted by Crippen LogP contribution is -2.00. The predicted octanol–water partition coefficient (Wildman–Crippen LogP) is 3.35. The maximum Gasteiger partial charge on any atom is 0.184 e. The number of nitrogens with zero attached hydrogens (tertiary/aromatic N) is 3. The smallest absolute Gasteiger partial charge is 0.184 e. The van der Waals surface area contributed by atoms with Crippen molar-refractivity contribution < 1.29 is 4.74 Å². The Hall–Kier alpha value is -2.08. The van der Waals surface area contributed by atoms with E-state index in [2.05, 4.69) is 22.3 Å². The van der Waals surface area contributed by atoms with Crippen LogP contribution in [0.15, 0.2) is 24.4 Å². The molecule has 0 saturated heterocycles. The van der Waals surface area contributed by atoms with E-state index in [1.807, 2.05) is 43.0 Å². The first-order valence-corrected chi connectivity index (χ1v) is 7.73. The van der Waals surface area contributed by atoms with E-state index in [4.69, 9.17) is 4.74 Å². The topological polar surface area (TPSA) is 52.0 Å². The van der Waals surface area contributed by atoms with Gasteiger partial charge in [0, 0.05) is 24.8 Å². The highest BCUT2D eigenvalue weighted by atomic mass is 32.1. The second kappa shape index (κ2) is 5.73. The monoisotopic (exact) mass is 302 g/mol. The van der Waals surface area contributed by atoms with E-state index < -0.39 is 0 Å². The van der Waals surface area contributed by atoms with E-state index >= 15 is 0 Å². The zero-order chi connectivity index (χ0) is 14.8. The molecule has 3 aromatic rings. The second-order valence-electron chi connectivity index (χ2n) is 4.81. The summed E-state index contributed by atoms with van der Waals surface area (Å²) in [6.07, 6.45) is 1.89. The second-order valence-corrected chi connectivity index (χ2v) is 5.84. The number of aryl methyl sites for hydroxylation is 1. The third-order valence-electron chi connectivity index (χ3n) is 3.44. The molecular formula is C15H18N4OS. The number of rotatable bonds is 5. The Kier molecular flexibility index (Phi) is 3.79. The van der Waals surface area contributed by atoms with Crippen LogP contribution < -0.4 is 10.1 Å². The van der Waals surface area contributed by atoms with Gasteiger partial charge in [-0.05, 0) is 32.0 Å². The molecule has 1 aromatic carbocycles. The number of thiazole rings is 1. The van der Waals surface area contributed by atoms with Crippen molar-refractivity contribution in [1.29, 1.82) is 0 Å². The molecule has 0 spiro atoms. The SMILES string of the molecule is CCOc1ccc2nc(NCc3cnn(C)c3C)sc2c1. The van der Waals surface area contributed by atoms with Gasteiger partial charge in [-0.3, -0.25) is 4.68 Å². The molecule has 0 unspecified atom stereocenters. The molecule has 6 heteroatoms. The molecule has 21 heavy (non-hydrogen) atoms. The minimum atomic E-state index is 0.676. The molecule has 110 valence electrons. The molecule has 0 fully saturated rings. The number of anilines is 1. The Morgan fingerprint density at radius 2 is 2.24 bits per heavy atom. The van der Waals surface area contributed by atoms with Gasteiger partial charge in [-0.1, -0.05) is 11.3 Å². The van der Waals surface area contributed by atoms with Gasteiger partial charge >= 0.3 is 0 Å². The van der Waals surface area contributed by atoms with Crippen molar-refractivity contribution in [1.82, 2.24) is 14.8 Å². The van der Waals surface area contributed by atoms with Gasteiger partial charge in [0.1, 0.15) is 5.75 Å². The molecule has 0 aliphatic rings. The van der Waals surface area contributed by atoms with Gasteiger partial charge in [0.25, 0.3) is 0 Å². The minimum Gasteiger partial charge on any atom is -0.494 e. The van der Waals surface area contributed by atoms with Crippen LogP contribution in [-0.4, -0.2) is 21.4 Å². The van der Waals surface area contributed by atoms with Crippen LogP contribution in [0, 0.1) is 6.92 Å². The molecule has 0 aliphatic carbocycles. The van der Waals surface area contributed by atoms with E-state index in [0.29, 0.717) is 6.61 Å². The van der Waals surface area contributed by atoms with E-state index in [9.17, 15) is 0 Å². The van der Waals surface area contributed by atoms with Crippen molar-refractivity contribution in [2.24, 2.45) is 7.05 Å². The quantitative estimate of drug-likeness (QED) is 0.785. The van der Waals surface area contributed by atoms with Crippen molar-refractivity contribution in [2.75, 3.05) is 11.9 Å². The average Bonchev–Trinajstić information content (AvgIpc) is 3.01. The number of ether oxygens (including phenoxy) is 1. The van der Waals surface area contributed by atoms with E-state index in [-0.39, 0.29) is 0 Å². The first-order chi connectivity index (χ1) is 10.2. The maximum absolute atomic E-state index is 5.52. The third kappa shape index (κ3) is 2.85. The highest BCUT2D eigenvalue weighted by Gasteiger charge is 2.07. The maximum atomic E-state index is 5.52. The van der Waals surface area contributed by atoms with Gasteiger partial charge in [-0.15, -0.1) is 0 Å². The van der Waals surface area contributed by atoms with E-state index in [1.54, 1.807) is 11.3 Å². The summed E-state index contributed by atoms with van der Waals surface area (Å²) >= 11 is 1.64. The molecule has 2 heterocycles. The van der Waals surface area contributed by atoms with Gasteiger partial charge in [-0.25, -0.2) is 4.98 Å². The molecule has 5 nitrogen and oxygen atoms in total. The Morgan fingerprint density at radius 3 is 2.95 bits per heavy atom. The number of nitrogens with one attached hydrogen (secondary N) is 1. The van der Waals surface area contributed by atoms with Crippen LogP contribution in [0.3, 0.4) is 0 Å². The van der Waals surface area contributed by atoms with Crippen LogP contribution in [0.25, 0.3) is 10.2 Å². The van der Waals surface area contributed by atoms with Gasteiger partial charge in [0.15, 0.2) is 5.13 Å². The number of benzene rings is 1. The van der Waals surface area contributed by atoms with E-state index in [1.165, 1.54) is 11.3 Å². The number of hydrogen-bond donors (Lipinski definition) is 1. The number of fused-ring (bicyclic) bond motifs is 1. The normalized spacial score (nSPS) is 11.0. The predicted molar refractivity (Wildman–Crippen MR) is 86.1 cm³/mol. The fourth-order valence-corrected chi connectivity index (χ4v) is 3.02. The van der Waals surface area contributed by atoms with Crippen molar-refractivity contribution >= 4 is 26.7 Å². The Labute approximate surface area is 127 Å². The number of aromatic nitrogens is 3. The summed E-state index contributed by atoms with van der Waals surface area (Å²) in [5.74, 6) is 0.892. The summed E-state index contributed by atoms with van der Waals surface area (Å²) in [4.78, 5) is 4.59. The van der Waals surface area contributed by atoms with Crippen LogP contribution in [0.2, 0.25) is 0 Å². The molecular weight excluding hydrogens is 284 g/mol. The van der Waals surface area contributed by atoms with Crippen molar-refractivity contribution in [3.63, 3.8) is 0 Å². The third-order valence-corrected chi connectivity index (χ3v) is 4.41. The highest BCUT2D eigenvalue weighted by Crippen LogP contribution is 2.29. The van der Waals surface area contributed by atoms with Crippen LogP contribution in [0.4, 0.5) is 5.13 Å². The Bertz CT molecular complexity index is 762. The lowest BCUT2D eigenvalue weighted by molar-refractivity contribution is 0.341. The molecule has 0 aliphatic heterocycles.